The molecule has 0 heterocycles. The van der Waals surface area contributed by atoms with Crippen molar-refractivity contribution in [3.8, 4) is 5.75 Å². The smallest absolute Gasteiger partial charge is 0.872 e. The van der Waals surface area contributed by atoms with Gasteiger partial charge in [-0.05, 0) is 12.1 Å². The van der Waals surface area contributed by atoms with Gasteiger partial charge >= 0.3 is 51.4 Å². The average Bonchev–Trinajstić information content (AvgIpc) is 1.80. The van der Waals surface area contributed by atoms with Crippen molar-refractivity contribution in [3.05, 3.63) is 29.8 Å². The molecule has 0 spiro atoms. The maximum atomic E-state index is 12.0. The molecule has 0 unspecified atom stereocenters. The van der Waals surface area contributed by atoms with Gasteiger partial charge in [-0.2, -0.15) is 0 Å². The quantitative estimate of drug-likeness (QED) is 0.413. The summed E-state index contributed by atoms with van der Waals surface area (Å²) in [5.74, 6) is -2.61. The molecule has 1 aromatic rings. The van der Waals surface area contributed by atoms with E-state index >= 15 is 0 Å². The van der Waals surface area contributed by atoms with E-state index in [0.717, 1.165) is 12.1 Å². The third kappa shape index (κ3) is 2.63. The van der Waals surface area contributed by atoms with Gasteiger partial charge in [-0.1, -0.05) is 6.07 Å². The fraction of sp³-hybridized carbons (Fsp3) is 0. The standard InChI is InChI=1S/C6H4F2O.K/c7-5-2-1-4(9)3-6(5)8;/h1-3,9H;/q;+1/p-1. The van der Waals surface area contributed by atoms with Crippen LogP contribution in [0.15, 0.2) is 18.2 Å². The van der Waals surface area contributed by atoms with Crippen molar-refractivity contribution in [2.75, 3.05) is 0 Å². The van der Waals surface area contributed by atoms with Crippen LogP contribution in [0, 0.1) is 11.6 Å². The molecule has 0 saturated heterocycles. The zero-order chi connectivity index (χ0) is 6.85. The Labute approximate surface area is 99.5 Å². The monoisotopic (exact) mass is 168 g/mol. The predicted octanol–water partition coefficient (Wildman–Crippen LogP) is -1.96. The summed E-state index contributed by atoms with van der Waals surface area (Å²) in [6.07, 6.45) is 0. The van der Waals surface area contributed by atoms with Crippen molar-refractivity contribution in [2.24, 2.45) is 0 Å². The van der Waals surface area contributed by atoms with Crippen molar-refractivity contribution in [1.29, 1.82) is 0 Å². The molecule has 1 nitrogen and oxygen atoms in total. The Bertz CT molecular complexity index is 227. The van der Waals surface area contributed by atoms with Crippen LogP contribution in [0.2, 0.25) is 0 Å². The summed E-state index contributed by atoms with van der Waals surface area (Å²) in [6, 6.07) is 2.38. The van der Waals surface area contributed by atoms with Crippen molar-refractivity contribution < 1.29 is 65.3 Å². The van der Waals surface area contributed by atoms with Gasteiger partial charge in [0.15, 0.2) is 11.6 Å². The summed E-state index contributed by atoms with van der Waals surface area (Å²) in [6.45, 7) is 0. The van der Waals surface area contributed by atoms with Crippen molar-refractivity contribution >= 4 is 0 Å². The van der Waals surface area contributed by atoms with Crippen LogP contribution >= 0.6 is 0 Å². The Kier molecular flexibility index (Phi) is 4.63. The molecule has 10 heavy (non-hydrogen) atoms. The summed E-state index contributed by atoms with van der Waals surface area (Å²) < 4.78 is 24.0. The average molecular weight is 168 g/mol. The van der Waals surface area contributed by atoms with Crippen LogP contribution in [0.25, 0.3) is 0 Å². The summed E-state index contributed by atoms with van der Waals surface area (Å²) >= 11 is 0. The molecule has 1 aromatic carbocycles. The minimum atomic E-state index is -1.09. The Morgan fingerprint density at radius 1 is 1.10 bits per heavy atom. The van der Waals surface area contributed by atoms with E-state index < -0.39 is 17.4 Å². The molecule has 0 radical (unpaired) electrons. The third-order valence-electron chi connectivity index (χ3n) is 0.891. The van der Waals surface area contributed by atoms with Gasteiger partial charge in [-0.25, -0.2) is 8.78 Å². The summed E-state index contributed by atoms with van der Waals surface area (Å²) in [4.78, 5) is 0. The van der Waals surface area contributed by atoms with Crippen LogP contribution in [0.3, 0.4) is 0 Å². The van der Waals surface area contributed by atoms with Crippen LogP contribution in [0.1, 0.15) is 0 Å². The number of benzene rings is 1. The molecular formula is C6H3F2KO. The Hall–Kier alpha value is 0.516. The number of halogens is 2. The first kappa shape index (κ1) is 10.5. The molecule has 0 saturated carbocycles. The van der Waals surface area contributed by atoms with E-state index in [4.69, 9.17) is 0 Å². The van der Waals surface area contributed by atoms with Gasteiger partial charge in [0.25, 0.3) is 0 Å². The normalized spacial score (nSPS) is 8.60. The van der Waals surface area contributed by atoms with Gasteiger partial charge in [0.2, 0.25) is 0 Å². The molecule has 48 valence electrons. The number of rotatable bonds is 0. The summed E-state index contributed by atoms with van der Waals surface area (Å²) in [5.41, 5.74) is 0. The number of hydrogen-bond acceptors (Lipinski definition) is 1. The molecule has 1 rings (SSSR count). The zero-order valence-corrected chi connectivity index (χ0v) is 8.52. The molecule has 0 N–H and O–H groups in total. The Morgan fingerprint density at radius 2 is 1.70 bits per heavy atom. The fourth-order valence-electron chi connectivity index (χ4n) is 0.477. The zero-order valence-electron chi connectivity index (χ0n) is 5.40. The molecular weight excluding hydrogens is 165 g/mol. The Balaban J connectivity index is 0.000000810. The SMILES string of the molecule is [K+].[O-]c1ccc(F)c(F)c1. The van der Waals surface area contributed by atoms with Crippen LogP contribution in [-0.4, -0.2) is 0 Å². The topological polar surface area (TPSA) is 23.1 Å². The summed E-state index contributed by atoms with van der Waals surface area (Å²) in [7, 11) is 0. The second kappa shape index (κ2) is 4.41. The van der Waals surface area contributed by atoms with E-state index in [9.17, 15) is 13.9 Å². The molecule has 4 heteroatoms. The first-order valence-electron chi connectivity index (χ1n) is 2.32. The van der Waals surface area contributed by atoms with Crippen LogP contribution in [-0.2, 0) is 0 Å². The first-order valence-corrected chi connectivity index (χ1v) is 2.32. The van der Waals surface area contributed by atoms with Crippen LogP contribution in [0.5, 0.6) is 5.75 Å². The van der Waals surface area contributed by atoms with Crippen molar-refractivity contribution in [3.63, 3.8) is 0 Å². The first-order chi connectivity index (χ1) is 4.20. The molecule has 0 atom stereocenters. The van der Waals surface area contributed by atoms with Gasteiger partial charge in [-0.3, -0.25) is 0 Å². The van der Waals surface area contributed by atoms with E-state index in [1.807, 2.05) is 0 Å². The minimum absolute atomic E-state index is 0. The van der Waals surface area contributed by atoms with E-state index in [0.29, 0.717) is 6.07 Å². The minimum Gasteiger partial charge on any atom is -0.872 e. The third-order valence-corrected chi connectivity index (χ3v) is 0.891. The van der Waals surface area contributed by atoms with Crippen molar-refractivity contribution in [1.82, 2.24) is 0 Å². The predicted molar refractivity (Wildman–Crippen MR) is 25.8 cm³/mol. The maximum absolute atomic E-state index is 12.0. The molecule has 0 aliphatic carbocycles. The van der Waals surface area contributed by atoms with E-state index in [-0.39, 0.29) is 51.4 Å². The van der Waals surface area contributed by atoms with E-state index in [1.165, 1.54) is 0 Å². The van der Waals surface area contributed by atoms with Gasteiger partial charge < -0.3 is 5.11 Å². The summed E-state index contributed by atoms with van der Waals surface area (Å²) in [5, 5.41) is 10.2. The van der Waals surface area contributed by atoms with Crippen LogP contribution in [0.4, 0.5) is 8.78 Å². The van der Waals surface area contributed by atoms with Gasteiger partial charge in [0.05, 0.1) is 0 Å². The molecule has 0 aliphatic rings. The molecule has 0 bridgehead atoms. The maximum Gasteiger partial charge on any atom is 1.00 e. The Morgan fingerprint density at radius 3 is 2.10 bits per heavy atom. The van der Waals surface area contributed by atoms with Crippen LogP contribution < -0.4 is 56.5 Å². The van der Waals surface area contributed by atoms with Gasteiger partial charge in [0, 0.05) is 0 Å². The molecule has 0 amide bonds. The molecule has 0 aliphatic heterocycles. The largest absolute Gasteiger partial charge is 1.00 e. The second-order valence-corrected chi connectivity index (χ2v) is 1.58. The number of hydrogen-bond donors (Lipinski definition) is 0. The van der Waals surface area contributed by atoms with Crippen molar-refractivity contribution in [2.45, 2.75) is 0 Å². The second-order valence-electron chi connectivity index (χ2n) is 1.58. The molecule has 0 aromatic heterocycles. The van der Waals surface area contributed by atoms with Gasteiger partial charge in [0.1, 0.15) is 0 Å². The van der Waals surface area contributed by atoms with Gasteiger partial charge in [-0.15, -0.1) is 5.75 Å². The van der Waals surface area contributed by atoms with E-state index in [1.54, 1.807) is 0 Å². The molecule has 0 fully saturated rings. The van der Waals surface area contributed by atoms with E-state index in [2.05, 4.69) is 0 Å². The fourth-order valence-corrected chi connectivity index (χ4v) is 0.477.